The van der Waals surface area contributed by atoms with E-state index in [9.17, 15) is 14.7 Å². The van der Waals surface area contributed by atoms with Crippen molar-refractivity contribution < 1.29 is 19.4 Å². The van der Waals surface area contributed by atoms with Crippen LogP contribution in [0.4, 0.5) is 4.79 Å². The molecule has 5 heteroatoms. The van der Waals surface area contributed by atoms with Crippen LogP contribution < -0.4 is 0 Å². The second-order valence-electron chi connectivity index (χ2n) is 6.27. The van der Waals surface area contributed by atoms with Crippen molar-refractivity contribution in [2.75, 3.05) is 6.54 Å². The number of fused-ring (bicyclic) bond motifs is 1. The van der Waals surface area contributed by atoms with Gasteiger partial charge in [-0.15, -0.1) is 0 Å². The second-order valence-corrected chi connectivity index (χ2v) is 6.27. The van der Waals surface area contributed by atoms with E-state index in [1.165, 1.54) is 4.90 Å². The molecule has 1 N–H and O–H groups in total. The van der Waals surface area contributed by atoms with Crippen molar-refractivity contribution in [3.63, 3.8) is 0 Å². The molecule has 3 atom stereocenters. The van der Waals surface area contributed by atoms with Gasteiger partial charge in [-0.25, -0.2) is 9.59 Å². The van der Waals surface area contributed by atoms with Gasteiger partial charge in [0.1, 0.15) is 11.6 Å². The van der Waals surface area contributed by atoms with Crippen LogP contribution in [0.3, 0.4) is 0 Å². The average Bonchev–Trinajstić information content (AvgIpc) is 2.70. The first-order valence-electron chi connectivity index (χ1n) is 6.52. The van der Waals surface area contributed by atoms with Gasteiger partial charge in [0.05, 0.1) is 0 Å². The number of carbonyl (C=O) groups excluding carboxylic acids is 1. The molecule has 5 nitrogen and oxygen atoms in total. The summed E-state index contributed by atoms with van der Waals surface area (Å²) in [5, 5.41) is 9.33. The molecule has 0 unspecified atom stereocenters. The second kappa shape index (κ2) is 4.44. The first-order valence-corrected chi connectivity index (χ1v) is 6.52. The van der Waals surface area contributed by atoms with Crippen LogP contribution in [0.5, 0.6) is 0 Å². The van der Waals surface area contributed by atoms with Gasteiger partial charge in [-0.05, 0) is 45.4 Å². The zero-order valence-electron chi connectivity index (χ0n) is 11.2. The zero-order valence-corrected chi connectivity index (χ0v) is 11.2. The molecule has 0 aromatic heterocycles. The molecule has 0 spiro atoms. The van der Waals surface area contributed by atoms with Crippen molar-refractivity contribution >= 4 is 12.1 Å². The Morgan fingerprint density at radius 1 is 1.28 bits per heavy atom. The standard InChI is InChI=1S/C13H21NO4/c1-13(2,3)18-12(17)14-7-8-5-4-6-9(8)10(14)11(15)16/h8-10H,4-7H2,1-3H3,(H,15,16)/t8-,9-,10+/m0/s1. The molecule has 2 rings (SSSR count). The number of ether oxygens (including phenoxy) is 1. The highest BCUT2D eigenvalue weighted by Gasteiger charge is 2.50. The number of carbonyl (C=O) groups is 2. The molecule has 2 fully saturated rings. The van der Waals surface area contributed by atoms with E-state index in [0.717, 1.165) is 19.3 Å². The number of nitrogens with zero attached hydrogens (tertiary/aromatic N) is 1. The number of likely N-dealkylation sites (tertiary alicyclic amines) is 1. The quantitative estimate of drug-likeness (QED) is 0.779. The molecule has 0 aromatic carbocycles. The van der Waals surface area contributed by atoms with Gasteiger partial charge in [-0.3, -0.25) is 4.90 Å². The molecule has 1 aliphatic heterocycles. The maximum atomic E-state index is 12.0. The van der Waals surface area contributed by atoms with Crippen LogP contribution in [0.25, 0.3) is 0 Å². The summed E-state index contributed by atoms with van der Waals surface area (Å²) < 4.78 is 5.29. The van der Waals surface area contributed by atoms with E-state index in [2.05, 4.69) is 0 Å². The first kappa shape index (κ1) is 13.2. The van der Waals surface area contributed by atoms with Gasteiger partial charge in [0, 0.05) is 6.54 Å². The van der Waals surface area contributed by atoms with Crippen LogP contribution in [-0.4, -0.2) is 40.3 Å². The van der Waals surface area contributed by atoms with E-state index in [0.29, 0.717) is 12.5 Å². The fourth-order valence-electron chi connectivity index (χ4n) is 3.13. The third-order valence-corrected chi connectivity index (χ3v) is 3.77. The molecular weight excluding hydrogens is 234 g/mol. The summed E-state index contributed by atoms with van der Waals surface area (Å²) in [6.07, 6.45) is 2.50. The number of rotatable bonds is 1. The number of hydrogen-bond acceptors (Lipinski definition) is 3. The number of carboxylic acid groups (broad SMARTS) is 1. The minimum absolute atomic E-state index is 0.106. The van der Waals surface area contributed by atoms with E-state index in [-0.39, 0.29) is 5.92 Å². The van der Waals surface area contributed by atoms with Crippen molar-refractivity contribution in [1.29, 1.82) is 0 Å². The predicted molar refractivity (Wildman–Crippen MR) is 65.2 cm³/mol. The maximum Gasteiger partial charge on any atom is 0.411 e. The number of amides is 1. The summed E-state index contributed by atoms with van der Waals surface area (Å²) in [4.78, 5) is 24.8. The molecule has 0 radical (unpaired) electrons. The van der Waals surface area contributed by atoms with Gasteiger partial charge in [-0.2, -0.15) is 0 Å². The van der Waals surface area contributed by atoms with Gasteiger partial charge in [-0.1, -0.05) is 6.42 Å². The molecule has 1 amide bonds. The predicted octanol–water partition coefficient (Wildman–Crippen LogP) is 2.11. The lowest BCUT2D eigenvalue weighted by Gasteiger charge is -2.28. The summed E-state index contributed by atoms with van der Waals surface area (Å²) in [6.45, 7) is 5.89. The molecule has 1 heterocycles. The van der Waals surface area contributed by atoms with E-state index in [1.54, 1.807) is 20.8 Å². The van der Waals surface area contributed by atoms with Crippen LogP contribution >= 0.6 is 0 Å². The number of carboxylic acids is 1. The third-order valence-electron chi connectivity index (χ3n) is 3.77. The molecule has 0 bridgehead atoms. The minimum atomic E-state index is -0.907. The van der Waals surface area contributed by atoms with Crippen molar-refractivity contribution in [3.05, 3.63) is 0 Å². The highest BCUT2D eigenvalue weighted by molar-refractivity contribution is 5.81. The highest BCUT2D eigenvalue weighted by Crippen LogP contribution is 2.42. The van der Waals surface area contributed by atoms with E-state index in [4.69, 9.17) is 4.74 Å². The lowest BCUT2D eigenvalue weighted by atomic mass is 9.94. The largest absolute Gasteiger partial charge is 0.480 e. The molecule has 102 valence electrons. The van der Waals surface area contributed by atoms with Gasteiger partial charge in [0.2, 0.25) is 0 Å². The summed E-state index contributed by atoms with van der Waals surface area (Å²) in [5.41, 5.74) is -0.585. The molecule has 0 aromatic rings. The SMILES string of the molecule is CC(C)(C)OC(=O)N1C[C@@H]2CCC[C@@H]2[C@@H]1C(=O)O. The van der Waals surface area contributed by atoms with Gasteiger partial charge < -0.3 is 9.84 Å². The summed E-state index contributed by atoms with van der Waals surface area (Å²) in [6, 6.07) is -0.702. The van der Waals surface area contributed by atoms with Crippen molar-refractivity contribution in [1.82, 2.24) is 4.90 Å². The summed E-state index contributed by atoms with van der Waals surface area (Å²) >= 11 is 0. The number of aliphatic carboxylic acids is 1. The first-order chi connectivity index (χ1) is 8.29. The summed E-state index contributed by atoms with van der Waals surface area (Å²) in [5.74, 6) is -0.469. The monoisotopic (exact) mass is 255 g/mol. The smallest absolute Gasteiger partial charge is 0.411 e. The third kappa shape index (κ3) is 2.44. The van der Waals surface area contributed by atoms with E-state index < -0.39 is 23.7 Å². The normalized spacial score (nSPS) is 31.3. The molecule has 1 saturated carbocycles. The van der Waals surface area contributed by atoms with Gasteiger partial charge in [0.15, 0.2) is 0 Å². The Morgan fingerprint density at radius 3 is 2.50 bits per heavy atom. The van der Waals surface area contributed by atoms with Crippen LogP contribution in [0.2, 0.25) is 0 Å². The molecule has 2 aliphatic rings. The van der Waals surface area contributed by atoms with Crippen LogP contribution in [0.1, 0.15) is 40.0 Å². The van der Waals surface area contributed by atoms with Crippen LogP contribution in [-0.2, 0) is 9.53 Å². The Labute approximate surface area is 107 Å². The maximum absolute atomic E-state index is 12.0. The van der Waals surface area contributed by atoms with Crippen LogP contribution in [0.15, 0.2) is 0 Å². The Balaban J connectivity index is 2.12. The molecule has 1 aliphatic carbocycles. The van der Waals surface area contributed by atoms with Gasteiger partial charge in [0.25, 0.3) is 0 Å². The number of hydrogen-bond donors (Lipinski definition) is 1. The van der Waals surface area contributed by atoms with E-state index in [1.807, 2.05) is 0 Å². The summed E-state index contributed by atoms with van der Waals surface area (Å²) in [7, 11) is 0. The fraction of sp³-hybridized carbons (Fsp3) is 0.846. The topological polar surface area (TPSA) is 66.8 Å². The van der Waals surface area contributed by atoms with Crippen LogP contribution in [0, 0.1) is 11.8 Å². The lowest BCUT2D eigenvalue weighted by Crippen LogP contribution is -2.45. The van der Waals surface area contributed by atoms with Crippen molar-refractivity contribution in [3.8, 4) is 0 Å². The lowest BCUT2D eigenvalue weighted by molar-refractivity contribution is -0.143. The fourth-order valence-corrected chi connectivity index (χ4v) is 3.13. The van der Waals surface area contributed by atoms with Gasteiger partial charge >= 0.3 is 12.1 Å². The van der Waals surface area contributed by atoms with Crippen molar-refractivity contribution in [2.24, 2.45) is 11.8 Å². The molecule has 18 heavy (non-hydrogen) atoms. The Bertz CT molecular complexity index is 360. The Hall–Kier alpha value is -1.26. The van der Waals surface area contributed by atoms with E-state index >= 15 is 0 Å². The average molecular weight is 255 g/mol. The molecule has 1 saturated heterocycles. The zero-order chi connectivity index (χ0) is 13.5. The Kier molecular flexibility index (Phi) is 3.25. The van der Waals surface area contributed by atoms with Crippen molar-refractivity contribution in [2.45, 2.75) is 51.7 Å². The minimum Gasteiger partial charge on any atom is -0.480 e. The molecular formula is C13H21NO4. The Morgan fingerprint density at radius 2 is 1.94 bits per heavy atom. The highest BCUT2D eigenvalue weighted by atomic mass is 16.6.